The maximum Gasteiger partial charge on any atom is 0.417 e. The molecule has 0 radical (unpaired) electrons. The fraction of sp³-hybridized carbons (Fsp3) is 0.292. The van der Waals surface area contributed by atoms with Crippen molar-refractivity contribution in [3.63, 3.8) is 0 Å². The lowest BCUT2D eigenvalue weighted by molar-refractivity contribution is 0.189. The third-order valence-corrected chi connectivity index (χ3v) is 6.26. The number of amides is 1. The highest BCUT2D eigenvalue weighted by Gasteiger charge is 2.20. The number of aliphatic hydroxyl groups excluding tert-OH is 1. The van der Waals surface area contributed by atoms with Crippen molar-refractivity contribution in [2.75, 3.05) is 49.5 Å². The van der Waals surface area contributed by atoms with Gasteiger partial charge >= 0.3 is 6.09 Å². The van der Waals surface area contributed by atoms with E-state index in [1.807, 2.05) is 37.3 Å². The van der Waals surface area contributed by atoms with Gasteiger partial charge in [-0.1, -0.05) is 15.9 Å². The van der Waals surface area contributed by atoms with E-state index >= 15 is 0 Å². The molecule has 1 aliphatic heterocycles. The second kappa shape index (κ2) is 10.7. The number of benzene rings is 2. The molecule has 0 spiro atoms. The van der Waals surface area contributed by atoms with Crippen LogP contribution in [0.4, 0.5) is 16.2 Å². The smallest absolute Gasteiger partial charge is 0.406 e. The molecule has 1 aromatic heterocycles. The van der Waals surface area contributed by atoms with Crippen LogP contribution in [0.25, 0.3) is 5.69 Å². The van der Waals surface area contributed by atoms with Crippen molar-refractivity contribution in [3.05, 3.63) is 64.4 Å². The molecule has 1 amide bonds. The lowest BCUT2D eigenvalue weighted by Gasteiger charge is -2.36. The van der Waals surface area contributed by atoms with Gasteiger partial charge in [0.05, 0.1) is 35.4 Å². The fourth-order valence-corrected chi connectivity index (χ4v) is 4.18. The van der Waals surface area contributed by atoms with Gasteiger partial charge in [-0.05, 0) is 49.4 Å². The Kier molecular flexibility index (Phi) is 7.47. The van der Waals surface area contributed by atoms with E-state index in [4.69, 9.17) is 9.84 Å². The van der Waals surface area contributed by atoms with Crippen molar-refractivity contribution in [2.24, 2.45) is 0 Å². The van der Waals surface area contributed by atoms with Crippen LogP contribution in [0.1, 0.15) is 11.3 Å². The van der Waals surface area contributed by atoms with Gasteiger partial charge in [-0.3, -0.25) is 10.2 Å². The molecule has 3 aromatic rings. The maximum atomic E-state index is 12.5. The van der Waals surface area contributed by atoms with Gasteiger partial charge in [0.25, 0.3) is 0 Å². The van der Waals surface area contributed by atoms with Gasteiger partial charge in [-0.15, -0.1) is 0 Å². The molecule has 1 saturated heterocycles. The Morgan fingerprint density at radius 3 is 2.62 bits per heavy atom. The normalized spacial score (nSPS) is 14.0. The van der Waals surface area contributed by atoms with E-state index in [2.05, 4.69) is 42.2 Å². The molecular weight excluding hydrogens is 500 g/mol. The third kappa shape index (κ3) is 5.39. The van der Waals surface area contributed by atoms with Crippen LogP contribution in [0.2, 0.25) is 0 Å². The van der Waals surface area contributed by atoms with Gasteiger partial charge in [-0.25, -0.2) is 9.48 Å². The summed E-state index contributed by atoms with van der Waals surface area (Å²) in [6.07, 6.45) is 0.838. The third-order valence-electron chi connectivity index (χ3n) is 5.73. The number of piperazine rings is 1. The summed E-state index contributed by atoms with van der Waals surface area (Å²) >= 11 is 3.41. The first-order valence-corrected chi connectivity index (χ1v) is 11.7. The Morgan fingerprint density at radius 2 is 1.94 bits per heavy atom. The molecule has 2 aromatic carbocycles. The summed E-state index contributed by atoms with van der Waals surface area (Å²) < 4.78 is 8.12. The molecule has 1 fully saturated rings. The molecule has 0 saturated carbocycles. The second-order valence-electron chi connectivity index (χ2n) is 7.89. The van der Waals surface area contributed by atoms with E-state index in [0.29, 0.717) is 29.2 Å². The van der Waals surface area contributed by atoms with Gasteiger partial charge in [0.2, 0.25) is 0 Å². The van der Waals surface area contributed by atoms with E-state index in [0.717, 1.165) is 42.0 Å². The predicted molar refractivity (Wildman–Crippen MR) is 133 cm³/mol. The summed E-state index contributed by atoms with van der Waals surface area (Å²) in [6.45, 7) is 5.81. The van der Waals surface area contributed by atoms with E-state index in [1.165, 1.54) is 6.20 Å². The minimum absolute atomic E-state index is 0.143. The average Bonchev–Trinajstić information content (AvgIpc) is 3.20. The number of nitrogens with one attached hydrogen (secondary N) is 1. The zero-order valence-corrected chi connectivity index (χ0v) is 20.3. The quantitative estimate of drug-likeness (QED) is 0.507. The Hall–Kier alpha value is -3.39. The van der Waals surface area contributed by atoms with Gasteiger partial charge in [0, 0.05) is 42.9 Å². The molecular formula is C24H25BrN6O3. The summed E-state index contributed by atoms with van der Waals surface area (Å²) in [5.41, 5.74) is 3.32. The molecule has 0 atom stereocenters. The first-order chi connectivity index (χ1) is 16.5. The fourth-order valence-electron chi connectivity index (χ4n) is 3.91. The Balaban J connectivity index is 1.41. The van der Waals surface area contributed by atoms with Gasteiger partial charge in [0.15, 0.2) is 5.75 Å². The van der Waals surface area contributed by atoms with E-state index in [-0.39, 0.29) is 6.61 Å². The lowest BCUT2D eigenvalue weighted by Crippen LogP contribution is -2.47. The van der Waals surface area contributed by atoms with Crippen LogP contribution >= 0.6 is 15.9 Å². The summed E-state index contributed by atoms with van der Waals surface area (Å²) in [4.78, 5) is 16.8. The van der Waals surface area contributed by atoms with Crippen LogP contribution in [0.15, 0.2) is 53.1 Å². The molecule has 34 heavy (non-hydrogen) atoms. The van der Waals surface area contributed by atoms with Crippen molar-refractivity contribution in [1.82, 2.24) is 14.7 Å². The maximum absolute atomic E-state index is 12.5. The summed E-state index contributed by atoms with van der Waals surface area (Å²) in [5.74, 6) is 0.346. The number of nitrogens with zero attached hydrogens (tertiary/aromatic N) is 5. The molecule has 9 nitrogen and oxygen atoms in total. The second-order valence-corrected chi connectivity index (χ2v) is 8.81. The zero-order valence-electron chi connectivity index (χ0n) is 18.7. The summed E-state index contributed by atoms with van der Waals surface area (Å²) in [6, 6.07) is 15.1. The number of aromatic nitrogens is 2. The molecule has 0 unspecified atom stereocenters. The largest absolute Gasteiger partial charge is 0.417 e. The number of β-amino-alcohol motifs (C(OH)–C–C–N with tert-alkyl or cyclic N) is 1. The van der Waals surface area contributed by atoms with E-state index in [9.17, 15) is 10.1 Å². The first-order valence-electron chi connectivity index (χ1n) is 10.9. The lowest BCUT2D eigenvalue weighted by atomic mass is 10.1. The summed E-state index contributed by atoms with van der Waals surface area (Å²) in [5, 5.41) is 25.8. The van der Waals surface area contributed by atoms with Crippen LogP contribution in [-0.4, -0.2) is 65.2 Å². The molecule has 4 rings (SSSR count). The standard InChI is InChI=1S/C24H25BrN6O3/c1-17-23(16-27-31(17)21-5-2-19(25)3-6-21)34-24(33)28-20-4-7-22(18(14-20)15-26)30-10-8-29(9-11-30)12-13-32/h2-7,14,16,32H,8-13H2,1H3,(H,28,33). The van der Waals surface area contributed by atoms with Crippen LogP contribution in [0.5, 0.6) is 5.75 Å². The van der Waals surface area contributed by atoms with Gasteiger partial charge in [-0.2, -0.15) is 10.4 Å². The van der Waals surface area contributed by atoms with Gasteiger partial charge < -0.3 is 14.7 Å². The number of nitriles is 1. The molecule has 10 heteroatoms. The van der Waals surface area contributed by atoms with Crippen molar-refractivity contribution in [1.29, 1.82) is 5.26 Å². The van der Waals surface area contributed by atoms with Crippen molar-refractivity contribution < 1.29 is 14.6 Å². The minimum atomic E-state index is -0.660. The highest BCUT2D eigenvalue weighted by molar-refractivity contribution is 9.10. The van der Waals surface area contributed by atoms with Crippen molar-refractivity contribution in [3.8, 4) is 17.5 Å². The van der Waals surface area contributed by atoms with Crippen LogP contribution in [0.3, 0.4) is 0 Å². The number of ether oxygens (including phenoxy) is 1. The number of carbonyl (C=O) groups excluding carboxylic acids is 1. The molecule has 1 aliphatic rings. The Bertz CT molecular complexity index is 1200. The predicted octanol–water partition coefficient (Wildman–Crippen LogP) is 3.54. The van der Waals surface area contributed by atoms with Crippen LogP contribution in [0, 0.1) is 18.3 Å². The monoisotopic (exact) mass is 524 g/mol. The number of hydrogen-bond donors (Lipinski definition) is 2. The number of anilines is 2. The van der Waals surface area contributed by atoms with E-state index in [1.54, 1.807) is 16.8 Å². The minimum Gasteiger partial charge on any atom is -0.406 e. The SMILES string of the molecule is Cc1c(OC(=O)Nc2ccc(N3CCN(CCO)CC3)c(C#N)c2)cnn1-c1ccc(Br)cc1. The number of halogens is 1. The molecule has 2 N–H and O–H groups in total. The van der Waals surface area contributed by atoms with Crippen molar-refractivity contribution in [2.45, 2.75) is 6.92 Å². The van der Waals surface area contributed by atoms with Crippen LogP contribution in [-0.2, 0) is 0 Å². The topological polar surface area (TPSA) is 107 Å². The summed E-state index contributed by atoms with van der Waals surface area (Å²) in [7, 11) is 0. The van der Waals surface area contributed by atoms with Crippen LogP contribution < -0.4 is 15.0 Å². The molecule has 0 aliphatic carbocycles. The average molecular weight is 525 g/mol. The number of aliphatic hydroxyl groups is 1. The molecule has 176 valence electrons. The Morgan fingerprint density at radius 1 is 1.21 bits per heavy atom. The highest BCUT2D eigenvalue weighted by atomic mass is 79.9. The first kappa shape index (κ1) is 23.8. The number of rotatable bonds is 6. The number of hydrogen-bond acceptors (Lipinski definition) is 7. The van der Waals surface area contributed by atoms with Gasteiger partial charge in [0.1, 0.15) is 6.07 Å². The Labute approximate surface area is 206 Å². The molecule has 0 bridgehead atoms. The molecule has 2 heterocycles. The highest BCUT2D eigenvalue weighted by Crippen LogP contribution is 2.26. The number of carbonyl (C=O) groups is 1. The zero-order chi connectivity index (χ0) is 24.1. The van der Waals surface area contributed by atoms with E-state index < -0.39 is 6.09 Å². The van der Waals surface area contributed by atoms with Crippen molar-refractivity contribution >= 4 is 33.4 Å².